The Hall–Kier alpha value is -2.90. The Balaban J connectivity index is 0.000000244. The van der Waals surface area contributed by atoms with Crippen molar-refractivity contribution in [3.05, 3.63) is 72.1 Å². The first-order valence-corrected chi connectivity index (χ1v) is 13.0. The van der Waals surface area contributed by atoms with E-state index in [1.807, 2.05) is 17.2 Å². The molecular formula is C29H35ClF2N4O. The second kappa shape index (κ2) is 12.1. The van der Waals surface area contributed by atoms with Gasteiger partial charge in [0, 0.05) is 56.0 Å². The van der Waals surface area contributed by atoms with Crippen molar-refractivity contribution >= 4 is 40.1 Å². The Bertz CT molecular complexity index is 1340. The van der Waals surface area contributed by atoms with E-state index in [9.17, 15) is 13.6 Å². The third kappa shape index (κ3) is 6.33. The summed E-state index contributed by atoms with van der Waals surface area (Å²) in [5, 5.41) is 1.92. The number of carbonyl (C=O) groups excluding carboxylic acids is 1. The molecule has 0 unspecified atom stereocenters. The molecule has 3 heterocycles. The molecule has 0 atom stereocenters. The minimum Gasteiger partial charge on any atom is -0.361 e. The van der Waals surface area contributed by atoms with Gasteiger partial charge in [-0.2, -0.15) is 0 Å². The molecule has 0 bridgehead atoms. The van der Waals surface area contributed by atoms with Crippen LogP contribution in [0.5, 0.6) is 0 Å². The predicted octanol–water partition coefficient (Wildman–Crippen LogP) is 6.48. The minimum atomic E-state index is -0.237. The molecule has 1 saturated carbocycles. The monoisotopic (exact) mass is 528 g/mol. The van der Waals surface area contributed by atoms with Crippen LogP contribution in [0.15, 0.2) is 54.9 Å². The van der Waals surface area contributed by atoms with E-state index in [1.165, 1.54) is 50.3 Å². The Kier molecular flexibility index (Phi) is 8.87. The Morgan fingerprint density at radius 2 is 1.65 bits per heavy atom. The van der Waals surface area contributed by atoms with Gasteiger partial charge in [-0.25, -0.2) is 8.78 Å². The van der Waals surface area contributed by atoms with Crippen molar-refractivity contribution < 1.29 is 13.6 Å². The van der Waals surface area contributed by atoms with Crippen LogP contribution in [-0.4, -0.2) is 58.5 Å². The molecule has 4 aromatic rings. The highest BCUT2D eigenvalue weighted by Crippen LogP contribution is 2.29. The van der Waals surface area contributed by atoms with Crippen molar-refractivity contribution in [2.75, 3.05) is 33.2 Å². The number of aromatic nitrogens is 2. The molecule has 0 spiro atoms. The fourth-order valence-electron chi connectivity index (χ4n) is 5.43. The smallest absolute Gasteiger partial charge is 0.256 e. The van der Waals surface area contributed by atoms with Crippen molar-refractivity contribution in [3.63, 3.8) is 0 Å². The molecule has 5 nitrogen and oxygen atoms in total. The number of fused-ring (bicyclic) bond motifs is 2. The number of aromatic amines is 1. The molecule has 1 aliphatic heterocycles. The van der Waals surface area contributed by atoms with Crippen LogP contribution in [0.25, 0.3) is 21.8 Å². The average molecular weight is 529 g/mol. The van der Waals surface area contributed by atoms with Crippen LogP contribution in [0.2, 0.25) is 0 Å². The highest BCUT2D eigenvalue weighted by Gasteiger charge is 2.25. The zero-order valence-electron chi connectivity index (χ0n) is 21.3. The molecule has 6 rings (SSSR count). The SMILES string of the molecule is CN1CCN(C(=O)c2cn(CC3CCCCC3)c3cc(F)ccc23)CC1.Cl.Fc1ccc2cc[nH]c2c1. The normalized spacial score (nSPS) is 16.9. The summed E-state index contributed by atoms with van der Waals surface area (Å²) in [6, 6.07) is 11.4. The van der Waals surface area contributed by atoms with E-state index in [-0.39, 0.29) is 29.9 Å². The molecule has 37 heavy (non-hydrogen) atoms. The first-order valence-electron chi connectivity index (χ1n) is 13.0. The summed E-state index contributed by atoms with van der Waals surface area (Å²) in [7, 11) is 2.08. The van der Waals surface area contributed by atoms with E-state index in [0.29, 0.717) is 5.92 Å². The second-order valence-corrected chi connectivity index (χ2v) is 10.2. The molecule has 1 saturated heterocycles. The number of amides is 1. The number of halogens is 3. The van der Waals surface area contributed by atoms with E-state index in [1.54, 1.807) is 24.4 Å². The number of rotatable bonds is 3. The quantitative estimate of drug-likeness (QED) is 0.331. The lowest BCUT2D eigenvalue weighted by atomic mass is 9.89. The second-order valence-electron chi connectivity index (χ2n) is 10.2. The van der Waals surface area contributed by atoms with Crippen LogP contribution in [0, 0.1) is 17.6 Å². The van der Waals surface area contributed by atoms with Crippen molar-refractivity contribution in [1.29, 1.82) is 0 Å². The number of hydrogen-bond donors (Lipinski definition) is 1. The average Bonchev–Trinajstić information content (AvgIpc) is 3.49. The molecule has 1 aliphatic carbocycles. The molecule has 198 valence electrons. The third-order valence-electron chi connectivity index (χ3n) is 7.56. The van der Waals surface area contributed by atoms with Crippen molar-refractivity contribution in [1.82, 2.24) is 19.4 Å². The first-order chi connectivity index (χ1) is 17.5. The minimum absolute atomic E-state index is 0. The zero-order chi connectivity index (χ0) is 25.1. The van der Waals surface area contributed by atoms with Crippen LogP contribution in [0.4, 0.5) is 8.78 Å². The molecule has 1 N–H and O–H groups in total. The lowest BCUT2D eigenvalue weighted by molar-refractivity contribution is 0.0665. The van der Waals surface area contributed by atoms with Crippen LogP contribution in [-0.2, 0) is 6.54 Å². The van der Waals surface area contributed by atoms with Gasteiger partial charge in [0.25, 0.3) is 5.91 Å². The van der Waals surface area contributed by atoms with Gasteiger partial charge in [-0.05, 0) is 73.7 Å². The van der Waals surface area contributed by atoms with Gasteiger partial charge in [-0.1, -0.05) is 19.3 Å². The molecule has 1 amide bonds. The molecule has 2 aromatic heterocycles. The van der Waals surface area contributed by atoms with E-state index in [4.69, 9.17) is 0 Å². The first kappa shape index (κ1) is 27.1. The maximum absolute atomic E-state index is 13.9. The molecule has 2 aliphatic rings. The number of nitrogens with one attached hydrogen (secondary N) is 1. The van der Waals surface area contributed by atoms with E-state index < -0.39 is 0 Å². The third-order valence-corrected chi connectivity index (χ3v) is 7.56. The lowest BCUT2D eigenvalue weighted by Gasteiger charge is -2.32. The van der Waals surface area contributed by atoms with Gasteiger partial charge in [-0.3, -0.25) is 4.79 Å². The van der Waals surface area contributed by atoms with Crippen LogP contribution >= 0.6 is 12.4 Å². The highest BCUT2D eigenvalue weighted by atomic mass is 35.5. The Labute approximate surface area is 222 Å². The summed E-state index contributed by atoms with van der Waals surface area (Å²) in [5.41, 5.74) is 2.42. The number of benzene rings is 2. The van der Waals surface area contributed by atoms with E-state index in [2.05, 4.69) is 21.5 Å². The maximum atomic E-state index is 13.9. The number of carbonyl (C=O) groups is 1. The van der Waals surface area contributed by atoms with Crippen LogP contribution in [0.1, 0.15) is 42.5 Å². The van der Waals surface area contributed by atoms with Crippen molar-refractivity contribution in [2.45, 2.75) is 38.6 Å². The summed E-state index contributed by atoms with van der Waals surface area (Å²) < 4.78 is 28.5. The molecule has 8 heteroatoms. The number of H-pyrrole nitrogens is 1. The predicted molar refractivity (Wildman–Crippen MR) is 147 cm³/mol. The summed E-state index contributed by atoms with van der Waals surface area (Å²) in [5.74, 6) is 0.278. The van der Waals surface area contributed by atoms with Gasteiger partial charge in [0.15, 0.2) is 0 Å². The Morgan fingerprint density at radius 3 is 2.41 bits per heavy atom. The zero-order valence-corrected chi connectivity index (χ0v) is 22.1. The van der Waals surface area contributed by atoms with Gasteiger partial charge >= 0.3 is 0 Å². The highest BCUT2D eigenvalue weighted by molar-refractivity contribution is 6.07. The van der Waals surface area contributed by atoms with Gasteiger partial charge < -0.3 is 19.4 Å². The lowest BCUT2D eigenvalue weighted by Crippen LogP contribution is -2.47. The van der Waals surface area contributed by atoms with Gasteiger partial charge in [-0.15, -0.1) is 12.4 Å². The standard InChI is InChI=1S/C21H28FN3O.C8H6FN.ClH/c1-23-9-11-24(12-10-23)21(26)19-15-25(14-16-5-3-2-4-6-16)20-13-17(22)7-8-18(19)20;9-7-2-1-6-3-4-10-8(6)5-7;/h7-8,13,15-16H,2-6,9-12,14H2,1H3;1-5,10H;1H. The number of nitrogens with zero attached hydrogens (tertiary/aromatic N) is 3. The topological polar surface area (TPSA) is 44.3 Å². The molecule has 2 fully saturated rings. The van der Waals surface area contributed by atoms with E-state index in [0.717, 1.165) is 60.1 Å². The summed E-state index contributed by atoms with van der Waals surface area (Å²) in [6.07, 6.45) is 10.1. The number of likely N-dealkylation sites (N-methyl/N-ethyl adjacent to an activating group) is 1. The fraction of sp³-hybridized carbons (Fsp3) is 0.414. The fourth-order valence-corrected chi connectivity index (χ4v) is 5.43. The van der Waals surface area contributed by atoms with Crippen molar-refractivity contribution in [3.8, 4) is 0 Å². The summed E-state index contributed by atoms with van der Waals surface area (Å²) in [6.45, 7) is 4.20. The summed E-state index contributed by atoms with van der Waals surface area (Å²) >= 11 is 0. The van der Waals surface area contributed by atoms with Crippen molar-refractivity contribution in [2.24, 2.45) is 5.92 Å². The van der Waals surface area contributed by atoms with Crippen LogP contribution in [0.3, 0.4) is 0 Å². The molecule has 2 aromatic carbocycles. The molecule has 0 radical (unpaired) electrons. The van der Waals surface area contributed by atoms with E-state index >= 15 is 0 Å². The largest absolute Gasteiger partial charge is 0.361 e. The Morgan fingerprint density at radius 1 is 0.946 bits per heavy atom. The molecular weight excluding hydrogens is 494 g/mol. The maximum Gasteiger partial charge on any atom is 0.256 e. The number of hydrogen-bond acceptors (Lipinski definition) is 2. The van der Waals surface area contributed by atoms with Gasteiger partial charge in [0.1, 0.15) is 11.6 Å². The van der Waals surface area contributed by atoms with Gasteiger partial charge in [0.05, 0.1) is 11.1 Å². The van der Waals surface area contributed by atoms with Gasteiger partial charge in [0.2, 0.25) is 0 Å². The van der Waals surface area contributed by atoms with Crippen LogP contribution < -0.4 is 0 Å². The number of piperazine rings is 1. The summed E-state index contributed by atoms with van der Waals surface area (Å²) in [4.78, 5) is 20.2.